The van der Waals surface area contributed by atoms with Gasteiger partial charge in [-0.05, 0) is 48.9 Å². The zero-order valence-corrected chi connectivity index (χ0v) is 18.0. The lowest BCUT2D eigenvalue weighted by molar-refractivity contribution is 0.650. The summed E-state index contributed by atoms with van der Waals surface area (Å²) in [5.41, 5.74) is 3.20. The molecule has 2 heteroatoms. The van der Waals surface area contributed by atoms with Gasteiger partial charge in [0.2, 0.25) is 0 Å². The summed E-state index contributed by atoms with van der Waals surface area (Å²) < 4.78 is 0. The van der Waals surface area contributed by atoms with Gasteiger partial charge in [0, 0.05) is 0 Å². The Kier molecular flexibility index (Phi) is 13.4. The summed E-state index contributed by atoms with van der Waals surface area (Å²) in [6, 6.07) is 16.3. The number of halogens is 2. The predicted octanol–water partition coefficient (Wildman–Crippen LogP) is 8.93. The van der Waals surface area contributed by atoms with Gasteiger partial charge in [-0.1, -0.05) is 112 Å². The Labute approximate surface area is 170 Å². The summed E-state index contributed by atoms with van der Waals surface area (Å²) >= 11 is 11.2. The Bertz CT molecular complexity index is 540. The molecule has 26 heavy (non-hydrogen) atoms. The Morgan fingerprint density at radius 2 is 0.923 bits per heavy atom. The van der Waals surface area contributed by atoms with Crippen molar-refractivity contribution in [3.8, 4) is 0 Å². The average Bonchev–Trinajstić information content (AvgIpc) is 2.66. The highest BCUT2D eigenvalue weighted by atomic mass is 35.5. The fraction of sp³-hybridized carbons (Fsp3) is 0.500. The zero-order chi connectivity index (χ0) is 19.0. The molecule has 0 saturated carbocycles. The minimum atomic E-state index is 0.606. The normalized spacial score (nSPS) is 10.3. The molecule has 0 unspecified atom stereocenters. The first-order valence-electron chi connectivity index (χ1n) is 10.2. The largest absolute Gasteiger partial charge is 0.0827 e. The van der Waals surface area contributed by atoms with Gasteiger partial charge in [0.05, 0.1) is 10.0 Å². The standard InChI is InChI=1S/C18H30.C6H4Cl2/c1-3-5-7-9-13-17-15-11-12-16-18(17)14-10-8-6-4-2;7-5-3-1-2-4-6(5)8/h11-12,15-16H,3-10,13-14H2,1-2H3;1-4H. The number of hydrogen-bond acceptors (Lipinski definition) is 0. The topological polar surface area (TPSA) is 0 Å². The van der Waals surface area contributed by atoms with Crippen molar-refractivity contribution in [2.24, 2.45) is 0 Å². The maximum Gasteiger partial charge on any atom is 0.0592 e. The van der Waals surface area contributed by atoms with Gasteiger partial charge in [-0.2, -0.15) is 0 Å². The Hall–Kier alpha value is -0.980. The van der Waals surface area contributed by atoms with Crippen LogP contribution < -0.4 is 0 Å². The van der Waals surface area contributed by atoms with Crippen LogP contribution >= 0.6 is 23.2 Å². The van der Waals surface area contributed by atoms with E-state index in [2.05, 4.69) is 38.1 Å². The summed E-state index contributed by atoms with van der Waals surface area (Å²) in [6.07, 6.45) is 13.5. The van der Waals surface area contributed by atoms with Crippen molar-refractivity contribution in [3.63, 3.8) is 0 Å². The molecule has 0 radical (unpaired) electrons. The Balaban J connectivity index is 0.000000350. The maximum absolute atomic E-state index is 5.58. The number of aryl methyl sites for hydroxylation is 2. The van der Waals surface area contributed by atoms with Gasteiger partial charge >= 0.3 is 0 Å². The highest BCUT2D eigenvalue weighted by Gasteiger charge is 2.01. The highest BCUT2D eigenvalue weighted by molar-refractivity contribution is 6.41. The highest BCUT2D eigenvalue weighted by Crippen LogP contribution is 2.19. The molecule has 0 amide bonds. The van der Waals surface area contributed by atoms with E-state index in [9.17, 15) is 0 Å². The average molecular weight is 393 g/mol. The van der Waals surface area contributed by atoms with Crippen molar-refractivity contribution in [2.75, 3.05) is 0 Å². The molecule has 0 aliphatic carbocycles. The second-order valence-corrected chi connectivity index (χ2v) is 7.62. The van der Waals surface area contributed by atoms with Crippen LogP contribution in [0.1, 0.15) is 76.3 Å². The summed E-state index contributed by atoms with van der Waals surface area (Å²) in [7, 11) is 0. The summed E-state index contributed by atoms with van der Waals surface area (Å²) in [6.45, 7) is 4.56. The van der Waals surface area contributed by atoms with Gasteiger partial charge in [-0.25, -0.2) is 0 Å². The van der Waals surface area contributed by atoms with Crippen LogP contribution in [0.3, 0.4) is 0 Å². The molecule has 0 aliphatic heterocycles. The van der Waals surface area contributed by atoms with Gasteiger partial charge in [0.25, 0.3) is 0 Å². The number of benzene rings is 2. The molecule has 0 aliphatic rings. The summed E-state index contributed by atoms with van der Waals surface area (Å²) in [4.78, 5) is 0. The zero-order valence-electron chi connectivity index (χ0n) is 16.4. The van der Waals surface area contributed by atoms with E-state index in [1.807, 2.05) is 12.1 Å². The first kappa shape index (κ1) is 23.1. The second-order valence-electron chi connectivity index (χ2n) is 6.80. The Morgan fingerprint density at radius 1 is 0.538 bits per heavy atom. The van der Waals surface area contributed by atoms with E-state index in [0.717, 1.165) is 0 Å². The van der Waals surface area contributed by atoms with E-state index >= 15 is 0 Å². The third-order valence-corrected chi connectivity index (χ3v) is 5.30. The van der Waals surface area contributed by atoms with Crippen LogP contribution in [0.2, 0.25) is 10.0 Å². The molecule has 2 rings (SSSR count). The first-order valence-corrected chi connectivity index (χ1v) is 10.9. The number of rotatable bonds is 10. The van der Waals surface area contributed by atoms with Gasteiger partial charge in [0.1, 0.15) is 0 Å². The lowest BCUT2D eigenvalue weighted by Crippen LogP contribution is -1.95. The Morgan fingerprint density at radius 3 is 1.27 bits per heavy atom. The van der Waals surface area contributed by atoms with E-state index < -0.39 is 0 Å². The van der Waals surface area contributed by atoms with Gasteiger partial charge in [-0.15, -0.1) is 0 Å². The predicted molar refractivity (Wildman–Crippen MR) is 119 cm³/mol. The molecule has 0 N–H and O–H groups in total. The van der Waals surface area contributed by atoms with Crippen molar-refractivity contribution in [2.45, 2.75) is 78.1 Å². The van der Waals surface area contributed by atoms with Gasteiger partial charge < -0.3 is 0 Å². The molecule has 0 nitrogen and oxygen atoms in total. The van der Waals surface area contributed by atoms with Crippen molar-refractivity contribution in [1.82, 2.24) is 0 Å². The van der Waals surface area contributed by atoms with E-state index in [1.54, 1.807) is 23.3 Å². The van der Waals surface area contributed by atoms with Crippen LogP contribution in [0.5, 0.6) is 0 Å². The van der Waals surface area contributed by atoms with Gasteiger partial charge in [-0.3, -0.25) is 0 Å². The minimum Gasteiger partial charge on any atom is -0.0827 e. The summed E-state index contributed by atoms with van der Waals surface area (Å²) in [5, 5.41) is 1.21. The molecule has 2 aromatic carbocycles. The first-order chi connectivity index (χ1) is 12.7. The molecule has 0 heterocycles. The molecule has 0 bridgehead atoms. The number of unbranched alkanes of at least 4 members (excludes halogenated alkanes) is 6. The smallest absolute Gasteiger partial charge is 0.0592 e. The quantitative estimate of drug-likeness (QED) is 0.353. The van der Waals surface area contributed by atoms with Crippen molar-refractivity contribution < 1.29 is 0 Å². The van der Waals surface area contributed by atoms with E-state index in [1.165, 1.54) is 64.2 Å². The molecule has 144 valence electrons. The van der Waals surface area contributed by atoms with Crippen LogP contribution in [0.15, 0.2) is 48.5 Å². The molecule has 2 aromatic rings. The summed E-state index contributed by atoms with van der Waals surface area (Å²) in [5.74, 6) is 0. The van der Waals surface area contributed by atoms with Crippen molar-refractivity contribution >= 4 is 23.2 Å². The monoisotopic (exact) mass is 392 g/mol. The van der Waals surface area contributed by atoms with Gasteiger partial charge in [0.15, 0.2) is 0 Å². The minimum absolute atomic E-state index is 0.606. The van der Waals surface area contributed by atoms with Crippen LogP contribution in [-0.2, 0) is 12.8 Å². The third-order valence-electron chi connectivity index (χ3n) is 4.54. The third kappa shape index (κ3) is 10.2. The van der Waals surface area contributed by atoms with Crippen LogP contribution in [0, 0.1) is 0 Å². The molecular weight excluding hydrogens is 359 g/mol. The van der Waals surface area contributed by atoms with E-state index in [-0.39, 0.29) is 0 Å². The molecule has 0 atom stereocenters. The molecule has 0 saturated heterocycles. The van der Waals surface area contributed by atoms with Crippen LogP contribution in [0.4, 0.5) is 0 Å². The SMILES string of the molecule is CCCCCCc1ccccc1CCCCCC.Clc1ccccc1Cl. The van der Waals surface area contributed by atoms with Crippen LogP contribution in [0.25, 0.3) is 0 Å². The molecule has 0 spiro atoms. The van der Waals surface area contributed by atoms with Crippen molar-refractivity contribution in [1.29, 1.82) is 0 Å². The fourth-order valence-electron chi connectivity index (χ4n) is 2.97. The maximum atomic E-state index is 5.58. The molecular formula is C24H34Cl2. The lowest BCUT2D eigenvalue weighted by Gasteiger charge is -2.09. The molecule has 0 aromatic heterocycles. The van der Waals surface area contributed by atoms with E-state index in [0.29, 0.717) is 10.0 Å². The lowest BCUT2D eigenvalue weighted by atomic mass is 9.97. The van der Waals surface area contributed by atoms with Crippen molar-refractivity contribution in [3.05, 3.63) is 69.7 Å². The fourth-order valence-corrected chi connectivity index (χ4v) is 3.24. The number of hydrogen-bond donors (Lipinski definition) is 0. The molecule has 0 fully saturated rings. The van der Waals surface area contributed by atoms with E-state index in [4.69, 9.17) is 23.2 Å². The second kappa shape index (κ2) is 15.1. The van der Waals surface area contributed by atoms with Crippen LogP contribution in [-0.4, -0.2) is 0 Å².